The second-order valence-electron chi connectivity index (χ2n) is 11.2. The van der Waals surface area contributed by atoms with Crippen molar-refractivity contribution in [1.82, 2.24) is 15.0 Å². The van der Waals surface area contributed by atoms with Gasteiger partial charge < -0.3 is 25.0 Å². The van der Waals surface area contributed by atoms with Crippen LogP contribution in [0.5, 0.6) is 0 Å². The molecule has 42 heavy (non-hydrogen) atoms. The van der Waals surface area contributed by atoms with Crippen molar-refractivity contribution < 1.29 is 14.3 Å². The molecule has 2 aliphatic heterocycles. The summed E-state index contributed by atoms with van der Waals surface area (Å²) in [4.78, 5) is 42.0. The number of allylic oxidation sites excluding steroid dienone is 2. The number of esters is 1. The van der Waals surface area contributed by atoms with Crippen molar-refractivity contribution >= 4 is 64.7 Å². The molecule has 7 nitrogen and oxygen atoms in total. The number of nitrogens with zero attached hydrogens (tertiary/aromatic N) is 4. The molecule has 0 N–H and O–H groups in total. The number of fused-ring (bicyclic) bond motifs is 7. The van der Waals surface area contributed by atoms with Gasteiger partial charge in [0.2, 0.25) is 0 Å². The van der Waals surface area contributed by atoms with Crippen LogP contribution in [0.1, 0.15) is 88.1 Å². The summed E-state index contributed by atoms with van der Waals surface area (Å²) < 4.78 is 5.14. The molecule has 8 bridgehead atoms. The zero-order chi connectivity index (χ0) is 29.3. The van der Waals surface area contributed by atoms with Gasteiger partial charge in [0.1, 0.15) is 5.92 Å². The third kappa shape index (κ3) is 4.21. The summed E-state index contributed by atoms with van der Waals surface area (Å²) in [7, 11) is 1.32. The second-order valence-corrected chi connectivity index (χ2v) is 11.2. The Hall–Kier alpha value is -3.49. The van der Waals surface area contributed by atoms with Crippen molar-refractivity contribution in [1.29, 1.82) is 0 Å². The Bertz CT molecular complexity index is 1840. The van der Waals surface area contributed by atoms with Crippen molar-refractivity contribution in [3.05, 3.63) is 90.1 Å². The predicted octanol–water partition coefficient (Wildman–Crippen LogP) is 4.07. The molecule has 3 aromatic heterocycles. The van der Waals surface area contributed by atoms with Crippen LogP contribution in [0.2, 0.25) is 0 Å². The Morgan fingerprint density at radius 3 is 2.31 bits per heavy atom. The van der Waals surface area contributed by atoms with E-state index in [1.165, 1.54) is 7.11 Å². The molecular weight excluding hydrogens is 537 g/mol. The van der Waals surface area contributed by atoms with Crippen LogP contribution < -0.4 is 25.7 Å². The maximum atomic E-state index is 13.9. The molecule has 0 unspecified atom stereocenters. The van der Waals surface area contributed by atoms with Crippen molar-refractivity contribution in [3.63, 3.8) is 0 Å². The molecule has 5 heterocycles. The summed E-state index contributed by atoms with van der Waals surface area (Å²) in [5.41, 5.74) is 10.5. The molecule has 6 rings (SSSR count). The molecule has 0 saturated carbocycles. The van der Waals surface area contributed by atoms with Crippen LogP contribution in [0, 0.1) is 38.5 Å². The van der Waals surface area contributed by atoms with E-state index in [0.717, 1.165) is 74.1 Å². The fraction of sp³-hybridized carbons (Fsp3) is 0.353. The van der Waals surface area contributed by atoms with E-state index in [9.17, 15) is 9.59 Å². The fourth-order valence-electron chi connectivity index (χ4n) is 6.81. The average Bonchev–Trinajstić information content (AvgIpc) is 3.69. The first-order chi connectivity index (χ1) is 19.6. The van der Waals surface area contributed by atoms with E-state index in [-0.39, 0.29) is 40.7 Å². The number of carbonyl (C=O) groups excluding carboxylic acids is 2. The third-order valence-corrected chi connectivity index (χ3v) is 9.19. The van der Waals surface area contributed by atoms with Gasteiger partial charge in [-0.05, 0) is 44.6 Å². The van der Waals surface area contributed by atoms with E-state index >= 15 is 0 Å². The van der Waals surface area contributed by atoms with Crippen molar-refractivity contribution in [2.24, 2.45) is 17.8 Å². The maximum Gasteiger partial charge on any atom is 2.00 e. The smallest absolute Gasteiger partial charge is 0.664 e. The van der Waals surface area contributed by atoms with E-state index in [0.29, 0.717) is 22.5 Å². The van der Waals surface area contributed by atoms with Crippen LogP contribution in [0.25, 0.3) is 35.2 Å². The minimum absolute atomic E-state index is 0. The summed E-state index contributed by atoms with van der Waals surface area (Å²) in [6.07, 6.45) is 9.47. The molecule has 3 aliphatic rings. The molecule has 0 amide bonds. The van der Waals surface area contributed by atoms with Crippen LogP contribution in [-0.2, 0) is 16.0 Å². The summed E-state index contributed by atoms with van der Waals surface area (Å²) in [6.45, 7) is 16.5. The zero-order valence-corrected chi connectivity index (χ0v) is 26.8. The number of aromatic nitrogens is 3. The average molecular weight is 571 g/mol. The maximum absolute atomic E-state index is 13.9. The SMILES string of the molecule is C=Cc1c2[n-]c(c1C)/C=C1\[N-]/C(=C3\c4[n-]c(c(C)c4C(=O)[C@@H]3C(=O)OC)/C=c3\[n-]/c(c(C)c3CC)=C\2)[C@@H](CC)[C@@H]1C.[Mg+2]. The second kappa shape index (κ2) is 11.0. The summed E-state index contributed by atoms with van der Waals surface area (Å²) in [6, 6.07) is 0. The van der Waals surface area contributed by atoms with Gasteiger partial charge >= 0.3 is 29.0 Å². The summed E-state index contributed by atoms with van der Waals surface area (Å²) in [5.74, 6) is -1.87. The third-order valence-electron chi connectivity index (χ3n) is 9.19. The molecular formula is C34H34MgN4O3-2. The van der Waals surface area contributed by atoms with E-state index in [4.69, 9.17) is 25.0 Å². The van der Waals surface area contributed by atoms with E-state index in [2.05, 4.69) is 34.3 Å². The van der Waals surface area contributed by atoms with Gasteiger partial charge in [-0.3, -0.25) is 9.59 Å². The molecule has 3 aromatic rings. The Morgan fingerprint density at radius 2 is 1.67 bits per heavy atom. The molecule has 0 aromatic carbocycles. The number of hydrogen-bond acceptors (Lipinski definition) is 3. The Balaban J connectivity index is 0.00000353. The van der Waals surface area contributed by atoms with Gasteiger partial charge in [-0.25, -0.2) is 0 Å². The van der Waals surface area contributed by atoms with Gasteiger partial charge in [-0.15, -0.1) is 33.5 Å². The molecule has 1 fully saturated rings. The number of Topliss-reactive ketones (excluding diaryl/α,β-unsaturated/α-hetero) is 1. The normalized spacial score (nSPS) is 25.0. The standard InChI is InChI=1S/C34H35N4O3.Mg/c1-9-19-15(4)22-12-24-17(6)21(11-3)31(37-24)29-30(34(40)41-8)33(39)28-18(7)25(38-32(28)29)14-27-20(10-2)16(5)23(36-27)13-26(19)35-22;/h9,12-14,17,21,30H,1,10-11H2,2-8H3,(H-,37,38,39);/q-3;+2/p-1/b23-13-,24-12-,27-14-;/t17-,21-,30+;/m0./s1. The van der Waals surface area contributed by atoms with Crippen LogP contribution in [0.4, 0.5) is 0 Å². The minimum Gasteiger partial charge on any atom is -0.664 e. The number of ketones is 1. The Kier molecular flexibility index (Phi) is 7.83. The van der Waals surface area contributed by atoms with Gasteiger partial charge in [0, 0.05) is 5.56 Å². The molecule has 0 spiro atoms. The van der Waals surface area contributed by atoms with Crippen molar-refractivity contribution in [2.75, 3.05) is 7.11 Å². The largest absolute Gasteiger partial charge is 2.00 e. The molecule has 8 heteroatoms. The summed E-state index contributed by atoms with van der Waals surface area (Å²) >= 11 is 0. The van der Waals surface area contributed by atoms with E-state index < -0.39 is 11.9 Å². The Morgan fingerprint density at radius 1 is 0.976 bits per heavy atom. The first-order valence-electron chi connectivity index (χ1n) is 14.3. The summed E-state index contributed by atoms with van der Waals surface area (Å²) in [5, 5.41) is 6.80. The van der Waals surface area contributed by atoms with Crippen LogP contribution in [-0.4, -0.2) is 41.9 Å². The number of methoxy groups -OCH3 is 1. The Labute approximate surface area is 262 Å². The number of hydrogen-bond donors (Lipinski definition) is 0. The van der Waals surface area contributed by atoms with Gasteiger partial charge in [0.25, 0.3) is 0 Å². The van der Waals surface area contributed by atoms with Gasteiger partial charge in [-0.1, -0.05) is 85.9 Å². The number of rotatable bonds is 4. The number of ether oxygens (including phenoxy) is 1. The zero-order valence-electron chi connectivity index (χ0n) is 25.4. The van der Waals surface area contributed by atoms with E-state index in [1.807, 2.05) is 38.2 Å². The number of carbonyl (C=O) groups is 2. The van der Waals surface area contributed by atoms with Crippen LogP contribution in [0.15, 0.2) is 18.0 Å². The fourth-order valence-corrected chi connectivity index (χ4v) is 6.81. The monoisotopic (exact) mass is 570 g/mol. The first-order valence-corrected chi connectivity index (χ1v) is 14.3. The van der Waals surface area contributed by atoms with Gasteiger partial charge in [0.15, 0.2) is 5.78 Å². The predicted molar refractivity (Wildman–Crippen MR) is 166 cm³/mol. The molecule has 1 saturated heterocycles. The molecule has 1 aliphatic carbocycles. The van der Waals surface area contributed by atoms with Crippen molar-refractivity contribution in [3.8, 4) is 0 Å². The van der Waals surface area contributed by atoms with E-state index in [1.54, 1.807) is 0 Å². The quantitative estimate of drug-likeness (QED) is 0.266. The van der Waals surface area contributed by atoms with Crippen molar-refractivity contribution in [2.45, 2.75) is 54.4 Å². The molecule has 212 valence electrons. The minimum atomic E-state index is -1.08. The van der Waals surface area contributed by atoms with Gasteiger partial charge in [-0.2, -0.15) is 11.4 Å². The van der Waals surface area contributed by atoms with Crippen LogP contribution >= 0.6 is 0 Å². The molecule has 3 atom stereocenters. The van der Waals surface area contributed by atoms with Gasteiger partial charge in [0.05, 0.1) is 7.11 Å². The molecule has 0 radical (unpaired) electrons. The first kappa shape index (κ1) is 30.0. The topological polar surface area (TPSA) is 99.8 Å². The van der Waals surface area contributed by atoms with Crippen LogP contribution in [0.3, 0.4) is 0 Å².